The van der Waals surface area contributed by atoms with E-state index in [1.54, 1.807) is 0 Å². The molecule has 5 heteroatoms. The Bertz CT molecular complexity index is 329. The fourth-order valence-electron chi connectivity index (χ4n) is 0.893. The lowest BCUT2D eigenvalue weighted by molar-refractivity contribution is 0.101. The van der Waals surface area contributed by atoms with Crippen molar-refractivity contribution in [2.75, 3.05) is 5.33 Å². The largest absolute Gasteiger partial charge is 0.508 e. The van der Waals surface area contributed by atoms with Crippen molar-refractivity contribution >= 4 is 21.7 Å². The highest BCUT2D eigenvalue weighted by Gasteiger charge is 2.17. The molecule has 0 saturated carbocycles. The zero-order chi connectivity index (χ0) is 10.0. The summed E-state index contributed by atoms with van der Waals surface area (Å²) >= 11 is 2.79. The van der Waals surface area contributed by atoms with Crippen molar-refractivity contribution in [3.8, 4) is 5.75 Å². The van der Waals surface area contributed by atoms with E-state index in [-0.39, 0.29) is 5.33 Å². The number of hydrogen-bond acceptors (Lipinski definition) is 2. The number of carbonyl (C=O) groups excluding carboxylic acids is 1. The molecule has 1 aromatic rings. The first-order valence-corrected chi connectivity index (χ1v) is 4.45. The summed E-state index contributed by atoms with van der Waals surface area (Å²) in [5, 5.41) is 8.61. The first kappa shape index (κ1) is 10.1. The summed E-state index contributed by atoms with van der Waals surface area (Å²) in [5.74, 6) is -3.35. The van der Waals surface area contributed by atoms with E-state index in [2.05, 4.69) is 15.9 Å². The van der Waals surface area contributed by atoms with Crippen LogP contribution in [0.25, 0.3) is 0 Å². The van der Waals surface area contributed by atoms with Gasteiger partial charge in [-0.05, 0) is 0 Å². The Morgan fingerprint density at radius 1 is 1.38 bits per heavy atom. The minimum absolute atomic E-state index is 0.161. The predicted molar refractivity (Wildman–Crippen MR) is 46.1 cm³/mol. The molecule has 13 heavy (non-hydrogen) atoms. The molecular weight excluding hydrogens is 246 g/mol. The standard InChI is InChI=1S/C8H5BrF2O2/c9-3-7(13)8-5(10)1-4(12)2-6(8)11/h1-2,12H,3H2. The second-order valence-electron chi connectivity index (χ2n) is 2.34. The van der Waals surface area contributed by atoms with Crippen LogP contribution in [0.5, 0.6) is 5.75 Å². The maximum atomic E-state index is 12.9. The SMILES string of the molecule is O=C(CBr)c1c(F)cc(O)cc1F. The summed E-state index contributed by atoms with van der Waals surface area (Å²) in [6, 6.07) is 1.39. The average molecular weight is 251 g/mol. The molecule has 0 aliphatic carbocycles. The van der Waals surface area contributed by atoms with Crippen molar-refractivity contribution in [3.05, 3.63) is 29.3 Å². The van der Waals surface area contributed by atoms with Gasteiger partial charge in [-0.15, -0.1) is 0 Å². The maximum absolute atomic E-state index is 12.9. The molecule has 0 aliphatic heterocycles. The molecular formula is C8H5BrF2O2. The number of benzene rings is 1. The van der Waals surface area contributed by atoms with Crippen molar-refractivity contribution in [2.24, 2.45) is 0 Å². The van der Waals surface area contributed by atoms with Crippen molar-refractivity contribution < 1.29 is 18.7 Å². The summed E-state index contributed by atoms with van der Waals surface area (Å²) in [7, 11) is 0. The summed E-state index contributed by atoms with van der Waals surface area (Å²) in [6.07, 6.45) is 0. The summed E-state index contributed by atoms with van der Waals surface area (Å²) in [4.78, 5) is 11.0. The van der Waals surface area contributed by atoms with Gasteiger partial charge in [-0.25, -0.2) is 8.78 Å². The van der Waals surface area contributed by atoms with Crippen LogP contribution in [0.4, 0.5) is 8.78 Å². The van der Waals surface area contributed by atoms with Crippen LogP contribution >= 0.6 is 15.9 Å². The van der Waals surface area contributed by atoms with Crippen LogP contribution in [0.2, 0.25) is 0 Å². The van der Waals surface area contributed by atoms with Crippen LogP contribution in [0, 0.1) is 11.6 Å². The van der Waals surface area contributed by atoms with Crippen LogP contribution in [0.1, 0.15) is 10.4 Å². The highest BCUT2D eigenvalue weighted by atomic mass is 79.9. The molecule has 0 amide bonds. The monoisotopic (exact) mass is 250 g/mol. The first-order valence-electron chi connectivity index (χ1n) is 3.33. The fraction of sp³-hybridized carbons (Fsp3) is 0.125. The third-order valence-electron chi connectivity index (χ3n) is 1.43. The highest BCUT2D eigenvalue weighted by molar-refractivity contribution is 9.09. The molecule has 1 rings (SSSR count). The smallest absolute Gasteiger partial charge is 0.179 e. The minimum Gasteiger partial charge on any atom is -0.508 e. The van der Waals surface area contributed by atoms with Gasteiger partial charge in [-0.2, -0.15) is 0 Å². The van der Waals surface area contributed by atoms with E-state index in [1.807, 2.05) is 0 Å². The summed E-state index contributed by atoms with van der Waals surface area (Å²) in [5.41, 5.74) is -0.630. The number of ketones is 1. The Labute approximate surface area is 81.3 Å². The molecule has 0 unspecified atom stereocenters. The van der Waals surface area contributed by atoms with Crippen molar-refractivity contribution in [3.63, 3.8) is 0 Å². The quantitative estimate of drug-likeness (QED) is 0.646. The second kappa shape index (κ2) is 3.83. The van der Waals surface area contributed by atoms with Crippen molar-refractivity contribution in [1.82, 2.24) is 0 Å². The molecule has 1 N–H and O–H groups in total. The fourth-order valence-corrected chi connectivity index (χ4v) is 1.17. The van der Waals surface area contributed by atoms with Crippen LogP contribution in [-0.2, 0) is 0 Å². The number of phenolic OH excluding ortho intramolecular Hbond substituents is 1. The van der Waals surface area contributed by atoms with Gasteiger partial charge in [-0.3, -0.25) is 4.79 Å². The maximum Gasteiger partial charge on any atom is 0.179 e. The van der Waals surface area contributed by atoms with E-state index >= 15 is 0 Å². The second-order valence-corrected chi connectivity index (χ2v) is 2.90. The Kier molecular flexibility index (Phi) is 2.98. The van der Waals surface area contributed by atoms with Crippen LogP contribution in [-0.4, -0.2) is 16.2 Å². The third-order valence-corrected chi connectivity index (χ3v) is 1.94. The van der Waals surface area contributed by atoms with E-state index in [0.717, 1.165) is 0 Å². The summed E-state index contributed by atoms with van der Waals surface area (Å²) < 4.78 is 25.8. The third kappa shape index (κ3) is 2.03. The molecule has 1 aromatic carbocycles. The molecule has 0 saturated heterocycles. The molecule has 0 radical (unpaired) electrons. The zero-order valence-electron chi connectivity index (χ0n) is 6.35. The normalized spacial score (nSPS) is 10.1. The number of aromatic hydroxyl groups is 1. The number of halogens is 3. The van der Waals surface area contributed by atoms with E-state index < -0.39 is 28.7 Å². The number of alkyl halides is 1. The van der Waals surface area contributed by atoms with E-state index in [1.165, 1.54) is 0 Å². The summed E-state index contributed by atoms with van der Waals surface area (Å²) in [6.45, 7) is 0. The molecule has 0 heterocycles. The average Bonchev–Trinajstić information content (AvgIpc) is 2.02. The number of hydrogen-bond donors (Lipinski definition) is 1. The van der Waals surface area contributed by atoms with Gasteiger partial charge in [0, 0.05) is 12.1 Å². The van der Waals surface area contributed by atoms with E-state index in [9.17, 15) is 13.6 Å². The van der Waals surface area contributed by atoms with Gasteiger partial charge >= 0.3 is 0 Å². The minimum atomic E-state index is -1.05. The van der Waals surface area contributed by atoms with E-state index in [0.29, 0.717) is 12.1 Å². The molecule has 0 aliphatic rings. The molecule has 0 fully saturated rings. The predicted octanol–water partition coefficient (Wildman–Crippen LogP) is 2.25. The van der Waals surface area contributed by atoms with Gasteiger partial charge in [0.05, 0.1) is 10.9 Å². The van der Waals surface area contributed by atoms with Gasteiger partial charge < -0.3 is 5.11 Å². The number of Topliss-reactive ketones (excluding diaryl/α,β-unsaturated/α-hetero) is 1. The van der Waals surface area contributed by atoms with Gasteiger partial charge in [0.15, 0.2) is 5.78 Å². The topological polar surface area (TPSA) is 37.3 Å². The Balaban J connectivity index is 3.28. The molecule has 0 bridgehead atoms. The number of carbonyl (C=O) groups is 1. The van der Waals surface area contributed by atoms with Gasteiger partial charge in [0.1, 0.15) is 17.4 Å². The van der Waals surface area contributed by atoms with Crippen molar-refractivity contribution in [1.29, 1.82) is 0 Å². The zero-order valence-corrected chi connectivity index (χ0v) is 7.94. The lowest BCUT2D eigenvalue weighted by Crippen LogP contribution is -2.06. The van der Waals surface area contributed by atoms with E-state index in [4.69, 9.17) is 5.11 Å². The molecule has 70 valence electrons. The Morgan fingerprint density at radius 2 is 1.85 bits per heavy atom. The number of phenols is 1. The lowest BCUT2D eigenvalue weighted by Gasteiger charge is -2.01. The first-order chi connectivity index (χ1) is 6.06. The molecule has 2 nitrogen and oxygen atoms in total. The van der Waals surface area contributed by atoms with Crippen LogP contribution in [0.3, 0.4) is 0 Å². The molecule has 0 atom stereocenters. The highest BCUT2D eigenvalue weighted by Crippen LogP contribution is 2.20. The van der Waals surface area contributed by atoms with Gasteiger partial charge in [0.25, 0.3) is 0 Å². The Hall–Kier alpha value is -0.970. The van der Waals surface area contributed by atoms with Gasteiger partial charge in [-0.1, -0.05) is 15.9 Å². The Morgan fingerprint density at radius 3 is 2.23 bits per heavy atom. The molecule has 0 aromatic heterocycles. The molecule has 0 spiro atoms. The van der Waals surface area contributed by atoms with Crippen LogP contribution < -0.4 is 0 Å². The van der Waals surface area contributed by atoms with Gasteiger partial charge in [0.2, 0.25) is 0 Å². The lowest BCUT2D eigenvalue weighted by atomic mass is 10.1. The van der Waals surface area contributed by atoms with Crippen LogP contribution in [0.15, 0.2) is 12.1 Å². The van der Waals surface area contributed by atoms with Crippen molar-refractivity contribution in [2.45, 2.75) is 0 Å². The number of rotatable bonds is 2.